The fraction of sp³-hybridized carbons (Fsp3) is 1.00. The summed E-state index contributed by atoms with van der Waals surface area (Å²) in [5.74, 6) is 0. The standard InChI is InChI=1S/C15H35N7O/c16-15-10-20-4-1-17-7-14(13-23,8-18-2-5-21-11-15)9-19-3-6-22-12-15/h17-23H,1-13,16H2. The molecule has 9 N–H and O–H groups in total. The normalized spacial score (nSPS) is 36.3. The smallest absolute Gasteiger partial charge is 0.0533 e. The second-order valence-electron chi connectivity index (χ2n) is 7.08. The first-order valence-electron chi connectivity index (χ1n) is 8.82. The van der Waals surface area contributed by atoms with E-state index in [9.17, 15) is 5.11 Å². The van der Waals surface area contributed by atoms with Crippen molar-refractivity contribution in [3.8, 4) is 0 Å². The van der Waals surface area contributed by atoms with Gasteiger partial charge in [-0.1, -0.05) is 0 Å². The van der Waals surface area contributed by atoms with Crippen molar-refractivity contribution in [2.24, 2.45) is 11.1 Å². The van der Waals surface area contributed by atoms with Crippen LogP contribution in [0.15, 0.2) is 0 Å². The largest absolute Gasteiger partial charge is 0.396 e. The van der Waals surface area contributed by atoms with Gasteiger partial charge in [-0.2, -0.15) is 0 Å². The summed E-state index contributed by atoms with van der Waals surface area (Å²) in [6.07, 6.45) is 0. The van der Waals surface area contributed by atoms with Gasteiger partial charge in [0.1, 0.15) is 0 Å². The van der Waals surface area contributed by atoms with Crippen LogP contribution in [0.5, 0.6) is 0 Å². The molecule has 0 aliphatic carbocycles. The molecule has 23 heavy (non-hydrogen) atoms. The van der Waals surface area contributed by atoms with Gasteiger partial charge in [-0.15, -0.1) is 0 Å². The predicted octanol–water partition coefficient (Wildman–Crippen LogP) is -3.77. The monoisotopic (exact) mass is 329 g/mol. The van der Waals surface area contributed by atoms with E-state index in [1.807, 2.05) is 0 Å². The molecule has 8 heteroatoms. The summed E-state index contributed by atoms with van der Waals surface area (Å²) in [5, 5.41) is 30.8. The lowest BCUT2D eigenvalue weighted by Crippen LogP contribution is -2.63. The highest BCUT2D eigenvalue weighted by molar-refractivity contribution is 4.93. The number of hydrogen-bond acceptors (Lipinski definition) is 8. The highest BCUT2D eigenvalue weighted by atomic mass is 16.3. The van der Waals surface area contributed by atoms with Gasteiger partial charge >= 0.3 is 0 Å². The zero-order valence-corrected chi connectivity index (χ0v) is 14.2. The van der Waals surface area contributed by atoms with E-state index in [4.69, 9.17) is 5.73 Å². The molecule has 0 amide bonds. The average molecular weight is 329 g/mol. The first-order chi connectivity index (χ1) is 11.2. The van der Waals surface area contributed by atoms with E-state index in [0.29, 0.717) is 0 Å². The fourth-order valence-corrected chi connectivity index (χ4v) is 3.15. The van der Waals surface area contributed by atoms with Crippen LogP contribution in [0.2, 0.25) is 0 Å². The third-order valence-electron chi connectivity index (χ3n) is 4.70. The van der Waals surface area contributed by atoms with Crippen LogP contribution in [0.25, 0.3) is 0 Å². The summed E-state index contributed by atoms with van der Waals surface area (Å²) in [6.45, 7) is 10.1. The van der Waals surface area contributed by atoms with Gasteiger partial charge in [-0.3, -0.25) is 0 Å². The molecule has 3 heterocycles. The summed E-state index contributed by atoms with van der Waals surface area (Å²) in [6, 6.07) is 0. The van der Waals surface area contributed by atoms with Crippen molar-refractivity contribution in [1.29, 1.82) is 0 Å². The molecular formula is C15H35N7O. The minimum atomic E-state index is -0.289. The highest BCUT2D eigenvalue weighted by Gasteiger charge is 2.29. The molecule has 0 aromatic carbocycles. The van der Waals surface area contributed by atoms with Gasteiger partial charge in [0.2, 0.25) is 0 Å². The van der Waals surface area contributed by atoms with Gasteiger partial charge < -0.3 is 42.7 Å². The molecule has 0 aromatic rings. The summed E-state index contributed by atoms with van der Waals surface area (Å²) >= 11 is 0. The molecular weight excluding hydrogens is 294 g/mol. The molecule has 3 aliphatic heterocycles. The van der Waals surface area contributed by atoms with Crippen LogP contribution >= 0.6 is 0 Å². The first kappa shape index (κ1) is 19.0. The predicted molar refractivity (Wildman–Crippen MR) is 93.7 cm³/mol. The zero-order chi connectivity index (χ0) is 16.4. The summed E-state index contributed by atoms with van der Waals surface area (Å²) in [7, 11) is 0. The van der Waals surface area contributed by atoms with Gasteiger partial charge in [0, 0.05) is 84.0 Å². The van der Waals surface area contributed by atoms with Crippen molar-refractivity contribution in [2.75, 3.05) is 85.1 Å². The second-order valence-corrected chi connectivity index (χ2v) is 7.08. The number of rotatable bonds is 1. The summed E-state index contributed by atoms with van der Waals surface area (Å²) in [5.41, 5.74) is 6.10. The van der Waals surface area contributed by atoms with Crippen LogP contribution in [-0.4, -0.2) is 95.8 Å². The maximum Gasteiger partial charge on any atom is 0.0533 e. The van der Waals surface area contributed by atoms with Crippen LogP contribution in [0, 0.1) is 5.41 Å². The van der Waals surface area contributed by atoms with E-state index < -0.39 is 0 Å². The number of hydrogen-bond donors (Lipinski definition) is 8. The average Bonchev–Trinajstić information content (AvgIpc) is 2.56. The van der Waals surface area contributed by atoms with Crippen molar-refractivity contribution in [3.63, 3.8) is 0 Å². The van der Waals surface area contributed by atoms with Crippen LogP contribution in [-0.2, 0) is 0 Å². The Morgan fingerprint density at radius 2 is 0.913 bits per heavy atom. The van der Waals surface area contributed by atoms with E-state index in [0.717, 1.165) is 78.5 Å². The van der Waals surface area contributed by atoms with Crippen molar-refractivity contribution in [3.05, 3.63) is 0 Å². The molecule has 3 saturated heterocycles. The van der Waals surface area contributed by atoms with Crippen molar-refractivity contribution in [2.45, 2.75) is 5.54 Å². The van der Waals surface area contributed by atoms with Gasteiger partial charge in [0.15, 0.2) is 0 Å². The van der Waals surface area contributed by atoms with Gasteiger partial charge in [0.05, 0.1) is 12.1 Å². The van der Waals surface area contributed by atoms with Crippen molar-refractivity contribution >= 4 is 0 Å². The molecule has 0 spiro atoms. The molecule has 8 nitrogen and oxygen atoms in total. The van der Waals surface area contributed by atoms with E-state index in [-0.39, 0.29) is 17.6 Å². The lowest BCUT2D eigenvalue weighted by molar-refractivity contribution is 0.118. The Balaban J connectivity index is 2.06. The third-order valence-corrected chi connectivity index (χ3v) is 4.70. The lowest BCUT2D eigenvalue weighted by Gasteiger charge is -2.35. The summed E-state index contributed by atoms with van der Waals surface area (Å²) < 4.78 is 0. The Hall–Kier alpha value is -0.320. The number of aliphatic hydroxyl groups is 1. The molecule has 3 aliphatic rings. The van der Waals surface area contributed by atoms with E-state index in [2.05, 4.69) is 31.9 Å². The first-order valence-corrected chi connectivity index (χ1v) is 8.82. The highest BCUT2D eigenvalue weighted by Crippen LogP contribution is 2.13. The van der Waals surface area contributed by atoms with Gasteiger partial charge in [0.25, 0.3) is 0 Å². The zero-order valence-electron chi connectivity index (χ0n) is 14.2. The molecule has 3 fully saturated rings. The minimum absolute atomic E-state index is 0.167. The maximum atomic E-state index is 9.96. The van der Waals surface area contributed by atoms with Crippen LogP contribution in [0.4, 0.5) is 0 Å². The Kier molecular flexibility index (Phi) is 8.14. The molecule has 3 rings (SSSR count). The lowest BCUT2D eigenvalue weighted by atomic mass is 9.88. The molecule has 2 bridgehead atoms. The SMILES string of the molecule is NC12CNCCNCC(CO)(CNCCNC1)CNCCNC2. The number of nitrogens with two attached hydrogens (primary N) is 1. The third kappa shape index (κ3) is 6.60. The summed E-state index contributed by atoms with van der Waals surface area (Å²) in [4.78, 5) is 0. The molecule has 0 atom stereocenters. The number of nitrogens with one attached hydrogen (secondary N) is 6. The minimum Gasteiger partial charge on any atom is -0.396 e. The molecule has 0 saturated carbocycles. The van der Waals surface area contributed by atoms with Crippen LogP contribution in [0.3, 0.4) is 0 Å². The van der Waals surface area contributed by atoms with Gasteiger partial charge in [-0.05, 0) is 0 Å². The second kappa shape index (κ2) is 9.85. The fourth-order valence-electron chi connectivity index (χ4n) is 3.15. The quantitative estimate of drug-likeness (QED) is 0.247. The van der Waals surface area contributed by atoms with E-state index in [1.54, 1.807) is 0 Å². The van der Waals surface area contributed by atoms with E-state index in [1.165, 1.54) is 0 Å². The number of aliphatic hydroxyl groups excluding tert-OH is 1. The Morgan fingerprint density at radius 3 is 1.22 bits per heavy atom. The van der Waals surface area contributed by atoms with Crippen LogP contribution < -0.4 is 37.6 Å². The molecule has 0 radical (unpaired) electrons. The Morgan fingerprint density at radius 1 is 0.609 bits per heavy atom. The van der Waals surface area contributed by atoms with Gasteiger partial charge in [-0.25, -0.2) is 0 Å². The Bertz CT molecular complexity index is 285. The van der Waals surface area contributed by atoms with Crippen molar-refractivity contribution < 1.29 is 5.11 Å². The maximum absolute atomic E-state index is 9.96. The topological polar surface area (TPSA) is 118 Å². The Labute approximate surface area is 139 Å². The number of fused-ring (bicyclic) bond motifs is 15. The van der Waals surface area contributed by atoms with Crippen LogP contribution in [0.1, 0.15) is 0 Å². The van der Waals surface area contributed by atoms with Crippen molar-refractivity contribution in [1.82, 2.24) is 31.9 Å². The van der Waals surface area contributed by atoms with E-state index >= 15 is 0 Å². The molecule has 0 unspecified atom stereocenters. The molecule has 0 aromatic heterocycles. The molecule has 136 valence electrons.